The van der Waals surface area contributed by atoms with Crippen LogP contribution in [0.1, 0.15) is 24.7 Å². The summed E-state index contributed by atoms with van der Waals surface area (Å²) in [6.07, 6.45) is 2.14. The van der Waals surface area contributed by atoms with Crippen molar-refractivity contribution in [2.75, 3.05) is 13.1 Å². The number of phenols is 2. The van der Waals surface area contributed by atoms with Crippen molar-refractivity contribution in [2.24, 2.45) is 0 Å². The molecule has 1 aliphatic heterocycles. The van der Waals surface area contributed by atoms with Crippen LogP contribution in [0, 0.1) is 0 Å². The highest BCUT2D eigenvalue weighted by Crippen LogP contribution is 2.30. The summed E-state index contributed by atoms with van der Waals surface area (Å²) in [7, 11) is 0. The quantitative estimate of drug-likeness (QED) is 0.711. The van der Waals surface area contributed by atoms with E-state index >= 15 is 0 Å². The molecule has 0 saturated carbocycles. The Morgan fingerprint density at radius 3 is 2.89 bits per heavy atom. The third kappa shape index (κ3) is 2.39. The van der Waals surface area contributed by atoms with Crippen LogP contribution in [0.25, 0.3) is 11.4 Å². The first kappa shape index (κ1) is 12.0. The molecular formula is C13H15N3O3. The first-order valence-corrected chi connectivity index (χ1v) is 6.31. The number of nitrogens with zero attached hydrogens (tertiary/aromatic N) is 2. The SMILES string of the molecule is Oc1ccc(-c2noc([C@H]3CCCNC3)n2)cc1O. The molecule has 6 nitrogen and oxygen atoms in total. The van der Waals surface area contributed by atoms with Crippen LogP contribution >= 0.6 is 0 Å². The van der Waals surface area contributed by atoms with Crippen molar-refractivity contribution >= 4 is 0 Å². The zero-order valence-electron chi connectivity index (χ0n) is 10.3. The van der Waals surface area contributed by atoms with Gasteiger partial charge in [-0.15, -0.1) is 0 Å². The Labute approximate surface area is 110 Å². The number of aromatic nitrogens is 2. The van der Waals surface area contributed by atoms with Crippen LogP contribution in [0.2, 0.25) is 0 Å². The maximum atomic E-state index is 9.47. The standard InChI is InChI=1S/C13H15N3O3/c17-10-4-3-8(6-11(10)18)12-15-13(19-16-12)9-2-1-5-14-7-9/h3-4,6,9,14,17-18H,1-2,5,7H2/t9-/m0/s1. The predicted molar refractivity (Wildman–Crippen MR) is 67.9 cm³/mol. The van der Waals surface area contributed by atoms with Crippen molar-refractivity contribution in [1.82, 2.24) is 15.5 Å². The third-order valence-electron chi connectivity index (χ3n) is 3.32. The van der Waals surface area contributed by atoms with Crippen molar-refractivity contribution in [3.8, 4) is 22.9 Å². The van der Waals surface area contributed by atoms with E-state index in [9.17, 15) is 10.2 Å². The molecule has 0 unspecified atom stereocenters. The second-order valence-electron chi connectivity index (χ2n) is 4.70. The second-order valence-corrected chi connectivity index (χ2v) is 4.70. The van der Waals surface area contributed by atoms with Gasteiger partial charge < -0.3 is 20.1 Å². The second kappa shape index (κ2) is 4.89. The van der Waals surface area contributed by atoms with Gasteiger partial charge >= 0.3 is 0 Å². The maximum absolute atomic E-state index is 9.47. The van der Waals surface area contributed by atoms with Crippen LogP contribution in [-0.2, 0) is 0 Å². The number of hydrogen-bond donors (Lipinski definition) is 3. The van der Waals surface area contributed by atoms with E-state index in [1.54, 1.807) is 6.07 Å². The summed E-state index contributed by atoms with van der Waals surface area (Å²) in [5.41, 5.74) is 0.620. The van der Waals surface area contributed by atoms with Gasteiger partial charge in [-0.05, 0) is 37.6 Å². The normalized spacial score (nSPS) is 19.5. The average Bonchev–Trinajstić information content (AvgIpc) is 2.93. The number of hydrogen-bond acceptors (Lipinski definition) is 6. The van der Waals surface area contributed by atoms with Crippen LogP contribution in [0.4, 0.5) is 0 Å². The van der Waals surface area contributed by atoms with Crippen molar-refractivity contribution in [2.45, 2.75) is 18.8 Å². The summed E-state index contributed by atoms with van der Waals surface area (Å²) in [4.78, 5) is 4.36. The van der Waals surface area contributed by atoms with Gasteiger partial charge in [-0.25, -0.2) is 0 Å². The molecular weight excluding hydrogens is 246 g/mol. The lowest BCUT2D eigenvalue weighted by molar-refractivity contribution is 0.322. The van der Waals surface area contributed by atoms with Gasteiger partial charge in [-0.2, -0.15) is 4.98 Å². The van der Waals surface area contributed by atoms with Gasteiger partial charge in [0.25, 0.3) is 0 Å². The van der Waals surface area contributed by atoms with Crippen molar-refractivity contribution < 1.29 is 14.7 Å². The molecule has 0 radical (unpaired) electrons. The lowest BCUT2D eigenvalue weighted by Crippen LogP contribution is -2.28. The molecule has 100 valence electrons. The first-order valence-electron chi connectivity index (χ1n) is 6.31. The Bertz CT molecular complexity index is 576. The van der Waals surface area contributed by atoms with Gasteiger partial charge in [0.2, 0.25) is 11.7 Å². The van der Waals surface area contributed by atoms with E-state index < -0.39 is 0 Å². The minimum absolute atomic E-state index is 0.163. The van der Waals surface area contributed by atoms with Crippen LogP contribution in [0.5, 0.6) is 11.5 Å². The van der Waals surface area contributed by atoms with E-state index in [1.807, 2.05) is 0 Å². The minimum Gasteiger partial charge on any atom is -0.504 e. The summed E-state index contributed by atoms with van der Waals surface area (Å²) < 4.78 is 5.28. The van der Waals surface area contributed by atoms with E-state index in [2.05, 4.69) is 15.5 Å². The van der Waals surface area contributed by atoms with Crippen molar-refractivity contribution in [3.05, 3.63) is 24.1 Å². The summed E-state index contributed by atoms with van der Waals surface area (Å²) in [6, 6.07) is 4.47. The monoisotopic (exact) mass is 261 g/mol. The molecule has 0 aliphatic carbocycles. The molecule has 0 amide bonds. The number of benzene rings is 1. The van der Waals surface area contributed by atoms with Gasteiger partial charge in [0.05, 0.1) is 5.92 Å². The zero-order chi connectivity index (χ0) is 13.2. The topological polar surface area (TPSA) is 91.4 Å². The summed E-state index contributed by atoms with van der Waals surface area (Å²) >= 11 is 0. The third-order valence-corrected chi connectivity index (χ3v) is 3.32. The summed E-state index contributed by atoms with van der Waals surface area (Å²) in [5.74, 6) is 0.943. The lowest BCUT2D eigenvalue weighted by Gasteiger charge is -2.18. The van der Waals surface area contributed by atoms with Crippen molar-refractivity contribution in [1.29, 1.82) is 0 Å². The highest BCUT2D eigenvalue weighted by Gasteiger charge is 2.21. The Morgan fingerprint density at radius 1 is 1.26 bits per heavy atom. The largest absolute Gasteiger partial charge is 0.504 e. The Morgan fingerprint density at radius 2 is 2.16 bits per heavy atom. The van der Waals surface area contributed by atoms with Gasteiger partial charge in [-0.1, -0.05) is 5.16 Å². The Hall–Kier alpha value is -2.08. The molecule has 0 bridgehead atoms. The first-order chi connectivity index (χ1) is 9.24. The van der Waals surface area contributed by atoms with Crippen molar-refractivity contribution in [3.63, 3.8) is 0 Å². The molecule has 3 rings (SSSR count). The van der Waals surface area contributed by atoms with E-state index in [0.29, 0.717) is 17.3 Å². The smallest absolute Gasteiger partial charge is 0.231 e. The molecule has 2 heterocycles. The number of nitrogens with one attached hydrogen (secondary N) is 1. The number of piperidine rings is 1. The highest BCUT2D eigenvalue weighted by atomic mass is 16.5. The summed E-state index contributed by atoms with van der Waals surface area (Å²) in [6.45, 7) is 1.88. The molecule has 1 aromatic carbocycles. The molecule has 1 aromatic heterocycles. The van der Waals surface area contributed by atoms with Gasteiger partial charge in [0.15, 0.2) is 11.5 Å². The molecule has 1 aliphatic rings. The fraction of sp³-hybridized carbons (Fsp3) is 0.385. The highest BCUT2D eigenvalue weighted by molar-refractivity contribution is 5.59. The molecule has 0 spiro atoms. The van der Waals surface area contributed by atoms with Gasteiger partial charge in [0.1, 0.15) is 0 Å². The zero-order valence-corrected chi connectivity index (χ0v) is 10.3. The average molecular weight is 261 g/mol. The fourth-order valence-corrected chi connectivity index (χ4v) is 2.24. The fourth-order valence-electron chi connectivity index (χ4n) is 2.24. The molecule has 1 atom stereocenters. The molecule has 3 N–H and O–H groups in total. The minimum atomic E-state index is -0.191. The van der Waals surface area contributed by atoms with E-state index in [1.165, 1.54) is 12.1 Å². The van der Waals surface area contributed by atoms with Crippen LogP contribution < -0.4 is 5.32 Å². The number of aromatic hydroxyl groups is 2. The van der Waals surface area contributed by atoms with Crippen LogP contribution in [-0.4, -0.2) is 33.4 Å². The lowest BCUT2D eigenvalue weighted by atomic mass is 10.00. The predicted octanol–water partition coefficient (Wildman–Crippen LogP) is 1.61. The van der Waals surface area contributed by atoms with Gasteiger partial charge in [-0.3, -0.25) is 0 Å². The molecule has 1 saturated heterocycles. The Balaban J connectivity index is 1.85. The maximum Gasteiger partial charge on any atom is 0.231 e. The molecule has 1 fully saturated rings. The molecule has 6 heteroatoms. The molecule has 2 aromatic rings. The van der Waals surface area contributed by atoms with E-state index in [-0.39, 0.29) is 17.4 Å². The van der Waals surface area contributed by atoms with E-state index in [4.69, 9.17) is 4.52 Å². The van der Waals surface area contributed by atoms with E-state index in [0.717, 1.165) is 25.9 Å². The number of phenolic OH excluding ortho intramolecular Hbond substituents is 2. The Kier molecular flexibility index (Phi) is 3.08. The van der Waals surface area contributed by atoms with Crippen LogP contribution in [0.3, 0.4) is 0 Å². The van der Waals surface area contributed by atoms with Crippen LogP contribution in [0.15, 0.2) is 22.7 Å². The number of rotatable bonds is 2. The summed E-state index contributed by atoms with van der Waals surface area (Å²) in [5, 5.41) is 26.0. The van der Waals surface area contributed by atoms with Gasteiger partial charge in [0, 0.05) is 12.1 Å². The molecule has 19 heavy (non-hydrogen) atoms.